The number of hydrogen-bond acceptors (Lipinski definition) is 4. The molecule has 0 heterocycles. The van der Waals surface area contributed by atoms with Crippen LogP contribution < -0.4 is 14.8 Å². The lowest BCUT2D eigenvalue weighted by molar-refractivity contribution is 0.238. The molecule has 2 aromatic carbocycles. The minimum Gasteiger partial charge on any atom is -0.493 e. The van der Waals surface area contributed by atoms with Crippen molar-refractivity contribution in [3.8, 4) is 11.5 Å². The highest BCUT2D eigenvalue weighted by molar-refractivity contribution is 9.10. The number of halogens is 2. The molecule has 0 aliphatic heterocycles. The average Bonchev–Trinajstić information content (AvgIpc) is 2.62. The molecule has 0 saturated heterocycles. The van der Waals surface area contributed by atoms with Gasteiger partial charge in [0.2, 0.25) is 0 Å². The van der Waals surface area contributed by atoms with Gasteiger partial charge in [-0.15, -0.1) is 12.4 Å². The second-order valence-electron chi connectivity index (χ2n) is 5.55. The Labute approximate surface area is 164 Å². The third kappa shape index (κ3) is 6.51. The van der Waals surface area contributed by atoms with Gasteiger partial charge in [-0.1, -0.05) is 37.3 Å². The van der Waals surface area contributed by atoms with Crippen LogP contribution in [0.2, 0.25) is 0 Å². The summed E-state index contributed by atoms with van der Waals surface area (Å²) in [6.45, 7) is 3.32. The third-order valence-electron chi connectivity index (χ3n) is 3.82. The maximum absolute atomic E-state index is 9.27. The van der Waals surface area contributed by atoms with Crippen LogP contribution in [-0.2, 0) is 13.2 Å². The molecule has 6 heteroatoms. The molecule has 0 aromatic heterocycles. The Bertz CT molecular complexity index is 636. The second kappa shape index (κ2) is 11.4. The van der Waals surface area contributed by atoms with Gasteiger partial charge >= 0.3 is 0 Å². The Morgan fingerprint density at radius 3 is 2.48 bits per heavy atom. The molecule has 1 unspecified atom stereocenters. The van der Waals surface area contributed by atoms with Gasteiger partial charge in [-0.05, 0) is 45.6 Å². The van der Waals surface area contributed by atoms with Gasteiger partial charge in [-0.25, -0.2) is 0 Å². The van der Waals surface area contributed by atoms with Crippen LogP contribution in [0.25, 0.3) is 0 Å². The third-order valence-corrected chi connectivity index (χ3v) is 4.41. The lowest BCUT2D eigenvalue weighted by Gasteiger charge is -2.17. The molecule has 0 aliphatic carbocycles. The van der Waals surface area contributed by atoms with Crippen LogP contribution in [0.5, 0.6) is 11.5 Å². The quantitative estimate of drug-likeness (QED) is 0.622. The molecule has 0 spiro atoms. The number of aliphatic hydroxyl groups is 1. The molecule has 0 bridgehead atoms. The lowest BCUT2D eigenvalue weighted by Crippen LogP contribution is -2.31. The molecule has 138 valence electrons. The highest BCUT2D eigenvalue weighted by Crippen LogP contribution is 2.37. The van der Waals surface area contributed by atoms with E-state index < -0.39 is 0 Å². The molecule has 2 rings (SSSR count). The van der Waals surface area contributed by atoms with Crippen LogP contribution in [0, 0.1) is 0 Å². The number of rotatable bonds is 9. The molecule has 0 saturated carbocycles. The first-order valence-electron chi connectivity index (χ1n) is 8.05. The smallest absolute Gasteiger partial charge is 0.175 e. The zero-order chi connectivity index (χ0) is 17.4. The summed E-state index contributed by atoms with van der Waals surface area (Å²) >= 11 is 3.57. The number of hydrogen-bond donors (Lipinski definition) is 2. The molecule has 4 nitrogen and oxygen atoms in total. The predicted molar refractivity (Wildman–Crippen MR) is 107 cm³/mol. The zero-order valence-corrected chi connectivity index (χ0v) is 16.9. The van der Waals surface area contributed by atoms with Gasteiger partial charge in [0, 0.05) is 12.6 Å². The van der Waals surface area contributed by atoms with E-state index >= 15 is 0 Å². The lowest BCUT2D eigenvalue weighted by atomic mass is 10.1. The minimum atomic E-state index is 0. The standard InChI is InChI=1S/C19H24BrNO3.ClH/c1-3-16(12-22)21-11-15-9-17(20)19(18(10-15)23-2)24-13-14-7-5-4-6-8-14;/h4-10,16,21-22H,3,11-13H2,1-2H3;1H. The summed E-state index contributed by atoms with van der Waals surface area (Å²) in [5, 5.41) is 12.6. The highest BCUT2D eigenvalue weighted by atomic mass is 79.9. The molecule has 0 aliphatic rings. The fraction of sp³-hybridized carbons (Fsp3) is 0.368. The van der Waals surface area contributed by atoms with Gasteiger partial charge in [0.05, 0.1) is 18.2 Å². The van der Waals surface area contributed by atoms with Crippen molar-refractivity contribution in [3.63, 3.8) is 0 Å². The number of aliphatic hydroxyl groups excluding tert-OH is 1. The summed E-state index contributed by atoms with van der Waals surface area (Å²) in [6.07, 6.45) is 0.882. The van der Waals surface area contributed by atoms with E-state index in [1.807, 2.05) is 49.4 Å². The second-order valence-corrected chi connectivity index (χ2v) is 6.41. The SMILES string of the molecule is CCC(CO)NCc1cc(Br)c(OCc2ccccc2)c(OC)c1.Cl. The fourth-order valence-electron chi connectivity index (χ4n) is 2.35. The van der Waals surface area contributed by atoms with Gasteiger partial charge in [0.1, 0.15) is 6.61 Å². The normalized spacial score (nSPS) is 11.5. The Morgan fingerprint density at radius 1 is 1.16 bits per heavy atom. The Hall–Kier alpha value is -1.27. The van der Waals surface area contributed by atoms with E-state index in [1.54, 1.807) is 7.11 Å². The number of nitrogens with one attached hydrogen (secondary N) is 1. The van der Waals surface area contributed by atoms with E-state index in [0.29, 0.717) is 24.7 Å². The first-order valence-corrected chi connectivity index (χ1v) is 8.84. The van der Waals surface area contributed by atoms with Crippen LogP contribution in [-0.4, -0.2) is 24.9 Å². The van der Waals surface area contributed by atoms with Crippen molar-refractivity contribution in [2.24, 2.45) is 0 Å². The highest BCUT2D eigenvalue weighted by Gasteiger charge is 2.13. The van der Waals surface area contributed by atoms with Crippen LogP contribution in [0.15, 0.2) is 46.9 Å². The Balaban J connectivity index is 0.00000312. The van der Waals surface area contributed by atoms with Gasteiger partial charge < -0.3 is 19.9 Å². The summed E-state index contributed by atoms with van der Waals surface area (Å²) in [6, 6.07) is 14.1. The first kappa shape index (κ1) is 21.8. The minimum absolute atomic E-state index is 0. The summed E-state index contributed by atoms with van der Waals surface area (Å²) in [5.74, 6) is 1.38. The average molecular weight is 431 g/mol. The monoisotopic (exact) mass is 429 g/mol. The molecule has 1 atom stereocenters. The van der Waals surface area contributed by atoms with Crippen molar-refractivity contribution < 1.29 is 14.6 Å². The molecule has 0 radical (unpaired) electrons. The number of ether oxygens (including phenoxy) is 2. The van der Waals surface area contributed by atoms with Gasteiger partial charge in [0.25, 0.3) is 0 Å². The van der Waals surface area contributed by atoms with Crippen molar-refractivity contribution in [3.05, 3.63) is 58.1 Å². The zero-order valence-electron chi connectivity index (χ0n) is 14.5. The van der Waals surface area contributed by atoms with Crippen LogP contribution in [0.1, 0.15) is 24.5 Å². The van der Waals surface area contributed by atoms with Gasteiger partial charge in [0.15, 0.2) is 11.5 Å². The topological polar surface area (TPSA) is 50.7 Å². The molecule has 25 heavy (non-hydrogen) atoms. The van der Waals surface area contributed by atoms with Crippen molar-refractivity contribution in [1.82, 2.24) is 5.32 Å². The summed E-state index contributed by atoms with van der Waals surface area (Å²) in [7, 11) is 1.64. The van der Waals surface area contributed by atoms with E-state index in [2.05, 4.69) is 21.2 Å². The molecule has 2 N–H and O–H groups in total. The van der Waals surface area contributed by atoms with E-state index in [-0.39, 0.29) is 25.1 Å². The van der Waals surface area contributed by atoms with Crippen molar-refractivity contribution in [2.75, 3.05) is 13.7 Å². The molecule has 0 fully saturated rings. The van der Waals surface area contributed by atoms with Gasteiger partial charge in [-0.3, -0.25) is 0 Å². The van der Waals surface area contributed by atoms with Gasteiger partial charge in [-0.2, -0.15) is 0 Å². The first-order chi connectivity index (χ1) is 11.7. The van der Waals surface area contributed by atoms with Crippen molar-refractivity contribution >= 4 is 28.3 Å². The predicted octanol–water partition coefficient (Wildman–Crippen LogP) is 4.32. The number of methoxy groups -OCH3 is 1. The fourth-order valence-corrected chi connectivity index (χ4v) is 2.95. The van der Waals surface area contributed by atoms with E-state index in [1.165, 1.54) is 0 Å². The van der Waals surface area contributed by atoms with Crippen molar-refractivity contribution in [1.29, 1.82) is 0 Å². The van der Waals surface area contributed by atoms with E-state index in [4.69, 9.17) is 9.47 Å². The van der Waals surface area contributed by atoms with Crippen LogP contribution >= 0.6 is 28.3 Å². The Kier molecular flexibility index (Phi) is 9.90. The summed E-state index contributed by atoms with van der Waals surface area (Å²) in [5.41, 5.74) is 2.17. The Morgan fingerprint density at radius 2 is 1.88 bits per heavy atom. The number of benzene rings is 2. The summed E-state index contributed by atoms with van der Waals surface area (Å²) < 4.78 is 12.3. The van der Waals surface area contributed by atoms with Crippen LogP contribution in [0.3, 0.4) is 0 Å². The maximum Gasteiger partial charge on any atom is 0.175 e. The molecular formula is C19H25BrClNO3. The largest absolute Gasteiger partial charge is 0.493 e. The summed E-state index contributed by atoms with van der Waals surface area (Å²) in [4.78, 5) is 0. The van der Waals surface area contributed by atoms with E-state index in [9.17, 15) is 5.11 Å². The van der Waals surface area contributed by atoms with Crippen molar-refractivity contribution in [2.45, 2.75) is 32.5 Å². The molecular weight excluding hydrogens is 406 g/mol. The molecule has 2 aromatic rings. The van der Waals surface area contributed by atoms with Crippen LogP contribution in [0.4, 0.5) is 0 Å². The molecule has 0 amide bonds. The van der Waals surface area contributed by atoms with E-state index in [0.717, 1.165) is 22.0 Å². The maximum atomic E-state index is 9.27.